The van der Waals surface area contributed by atoms with E-state index < -0.39 is 24.1 Å². The van der Waals surface area contributed by atoms with Crippen LogP contribution in [-0.2, 0) is 4.74 Å². The van der Waals surface area contributed by atoms with Gasteiger partial charge in [-0.05, 0) is 5.41 Å². The van der Waals surface area contributed by atoms with E-state index in [-0.39, 0.29) is 0 Å². The van der Waals surface area contributed by atoms with Gasteiger partial charge in [0.2, 0.25) is 0 Å². The molecule has 0 N–H and O–H groups in total. The van der Waals surface area contributed by atoms with Gasteiger partial charge in [-0.3, -0.25) is 0 Å². The molecule has 1 nitrogen and oxygen atoms in total. The molecule has 0 heterocycles. The summed E-state index contributed by atoms with van der Waals surface area (Å²) in [5.74, 6) is 0. The second kappa shape index (κ2) is 6.27. The minimum atomic E-state index is -4.14. The van der Waals surface area contributed by atoms with E-state index in [1.54, 1.807) is 20.8 Å². The average molecular weight is 214 g/mol. The van der Waals surface area contributed by atoms with Gasteiger partial charge in [0.05, 0.1) is 12.5 Å². The summed E-state index contributed by atoms with van der Waals surface area (Å²) in [6.45, 7) is 9.19. The van der Waals surface area contributed by atoms with E-state index in [0.717, 1.165) is 0 Å². The molecule has 0 aliphatic rings. The molecule has 0 aromatic heterocycles. The fourth-order valence-corrected chi connectivity index (χ4v) is 0.953. The van der Waals surface area contributed by atoms with Crippen LogP contribution in [0.4, 0.5) is 13.2 Å². The van der Waals surface area contributed by atoms with Crippen molar-refractivity contribution in [2.24, 2.45) is 5.41 Å². The molecule has 0 saturated carbocycles. The van der Waals surface area contributed by atoms with Crippen LogP contribution in [0.3, 0.4) is 0 Å². The lowest BCUT2D eigenvalue weighted by Crippen LogP contribution is -2.33. The third kappa shape index (κ3) is 8.35. The molecule has 14 heavy (non-hydrogen) atoms. The number of halogens is 3. The Hall–Kier alpha value is -0.250. The SMILES string of the molecule is CC.COC(CC(F)(F)F)C(C)(C)C. The van der Waals surface area contributed by atoms with Crippen LogP contribution in [0.15, 0.2) is 0 Å². The van der Waals surface area contributed by atoms with Crippen molar-refractivity contribution in [3.8, 4) is 0 Å². The molecule has 0 aromatic rings. The van der Waals surface area contributed by atoms with Gasteiger partial charge in [-0.1, -0.05) is 34.6 Å². The van der Waals surface area contributed by atoms with Crippen molar-refractivity contribution in [2.45, 2.75) is 53.3 Å². The molecule has 0 aliphatic heterocycles. The predicted octanol–water partition coefficient (Wildman–Crippen LogP) is 4.03. The standard InChI is InChI=1S/C8H15F3O.C2H6/c1-7(2,3)6(12-4)5-8(9,10)11;1-2/h6H,5H2,1-4H3;1-2H3. The lowest BCUT2D eigenvalue weighted by molar-refractivity contribution is -0.170. The number of hydrogen-bond donors (Lipinski definition) is 0. The van der Waals surface area contributed by atoms with Gasteiger partial charge >= 0.3 is 6.18 Å². The van der Waals surface area contributed by atoms with Crippen molar-refractivity contribution in [3.63, 3.8) is 0 Å². The zero-order valence-electron chi connectivity index (χ0n) is 9.83. The molecule has 0 fully saturated rings. The third-order valence-electron chi connectivity index (χ3n) is 1.67. The van der Waals surface area contributed by atoms with Crippen LogP contribution in [0.5, 0.6) is 0 Å². The fraction of sp³-hybridized carbons (Fsp3) is 1.00. The predicted molar refractivity (Wildman–Crippen MR) is 52.3 cm³/mol. The van der Waals surface area contributed by atoms with E-state index in [2.05, 4.69) is 0 Å². The van der Waals surface area contributed by atoms with Crippen molar-refractivity contribution in [2.75, 3.05) is 7.11 Å². The highest BCUT2D eigenvalue weighted by molar-refractivity contribution is 4.76. The van der Waals surface area contributed by atoms with Crippen LogP contribution < -0.4 is 0 Å². The summed E-state index contributed by atoms with van der Waals surface area (Å²) in [4.78, 5) is 0. The summed E-state index contributed by atoms with van der Waals surface area (Å²) in [5, 5.41) is 0. The molecule has 0 saturated heterocycles. The highest BCUT2D eigenvalue weighted by Gasteiger charge is 2.37. The van der Waals surface area contributed by atoms with Gasteiger partial charge in [-0.15, -0.1) is 0 Å². The molecule has 1 atom stereocenters. The lowest BCUT2D eigenvalue weighted by atomic mass is 9.87. The highest BCUT2D eigenvalue weighted by Crippen LogP contribution is 2.32. The van der Waals surface area contributed by atoms with Gasteiger partial charge in [-0.2, -0.15) is 13.2 Å². The third-order valence-corrected chi connectivity index (χ3v) is 1.67. The van der Waals surface area contributed by atoms with Crippen LogP contribution in [0, 0.1) is 5.41 Å². The maximum atomic E-state index is 11.9. The number of hydrogen-bond acceptors (Lipinski definition) is 1. The number of methoxy groups -OCH3 is 1. The topological polar surface area (TPSA) is 9.23 Å². The minimum Gasteiger partial charge on any atom is -0.381 e. The van der Waals surface area contributed by atoms with Crippen LogP contribution >= 0.6 is 0 Å². The van der Waals surface area contributed by atoms with Gasteiger partial charge in [0.1, 0.15) is 0 Å². The second-order valence-electron chi connectivity index (χ2n) is 3.91. The van der Waals surface area contributed by atoms with E-state index in [0.29, 0.717) is 0 Å². The summed E-state index contributed by atoms with van der Waals surface area (Å²) in [6.07, 6.45) is -5.79. The number of ether oxygens (including phenoxy) is 1. The molecule has 4 heteroatoms. The van der Waals surface area contributed by atoms with Crippen molar-refractivity contribution in [3.05, 3.63) is 0 Å². The smallest absolute Gasteiger partial charge is 0.381 e. The quantitative estimate of drug-likeness (QED) is 0.674. The van der Waals surface area contributed by atoms with Crippen molar-refractivity contribution in [1.82, 2.24) is 0 Å². The molecular weight excluding hydrogens is 193 g/mol. The van der Waals surface area contributed by atoms with Gasteiger partial charge < -0.3 is 4.74 Å². The molecule has 0 amide bonds. The summed E-state index contributed by atoms with van der Waals surface area (Å²) >= 11 is 0. The Morgan fingerprint density at radius 1 is 1.07 bits per heavy atom. The van der Waals surface area contributed by atoms with E-state index in [1.165, 1.54) is 7.11 Å². The zero-order chi connectivity index (χ0) is 12.0. The van der Waals surface area contributed by atoms with E-state index in [4.69, 9.17) is 4.74 Å². The van der Waals surface area contributed by atoms with Crippen molar-refractivity contribution < 1.29 is 17.9 Å². The zero-order valence-corrected chi connectivity index (χ0v) is 9.83. The van der Waals surface area contributed by atoms with Crippen molar-refractivity contribution >= 4 is 0 Å². The molecule has 0 aromatic carbocycles. The molecule has 0 rings (SSSR count). The lowest BCUT2D eigenvalue weighted by Gasteiger charge is -2.29. The Morgan fingerprint density at radius 3 is 1.50 bits per heavy atom. The first-order valence-electron chi connectivity index (χ1n) is 4.76. The van der Waals surface area contributed by atoms with Crippen LogP contribution in [0.25, 0.3) is 0 Å². The normalized spacial score (nSPS) is 14.4. The second-order valence-corrected chi connectivity index (χ2v) is 3.91. The molecule has 0 aliphatic carbocycles. The average Bonchev–Trinajstić information content (AvgIpc) is 2.00. The van der Waals surface area contributed by atoms with Crippen LogP contribution in [-0.4, -0.2) is 19.4 Å². The first-order chi connectivity index (χ1) is 6.17. The Kier molecular flexibility index (Phi) is 7.26. The number of alkyl halides is 3. The van der Waals surface area contributed by atoms with E-state index in [1.807, 2.05) is 13.8 Å². The van der Waals surface area contributed by atoms with E-state index in [9.17, 15) is 13.2 Å². The maximum Gasteiger partial charge on any atom is 0.391 e. The largest absolute Gasteiger partial charge is 0.391 e. The van der Waals surface area contributed by atoms with Crippen molar-refractivity contribution in [1.29, 1.82) is 0 Å². The Bertz CT molecular complexity index is 135. The Morgan fingerprint density at radius 2 is 1.43 bits per heavy atom. The summed E-state index contributed by atoms with van der Waals surface area (Å²) < 4.78 is 40.6. The molecule has 0 bridgehead atoms. The minimum absolute atomic E-state index is 0.468. The van der Waals surface area contributed by atoms with Crippen LogP contribution in [0.1, 0.15) is 41.0 Å². The van der Waals surface area contributed by atoms with Gasteiger partial charge in [0, 0.05) is 7.11 Å². The summed E-state index contributed by atoms with van der Waals surface area (Å²) in [5.41, 5.74) is -0.468. The first-order valence-corrected chi connectivity index (χ1v) is 4.76. The molecule has 0 radical (unpaired) electrons. The number of rotatable bonds is 2. The molecule has 1 unspecified atom stereocenters. The Labute approximate surface area is 84.6 Å². The molecule has 0 spiro atoms. The summed E-state index contributed by atoms with van der Waals surface area (Å²) in [6, 6.07) is 0. The van der Waals surface area contributed by atoms with Gasteiger partial charge in [0.15, 0.2) is 0 Å². The monoisotopic (exact) mass is 214 g/mol. The Balaban J connectivity index is 0. The van der Waals surface area contributed by atoms with Gasteiger partial charge in [0.25, 0.3) is 0 Å². The molecular formula is C10H21F3O. The highest BCUT2D eigenvalue weighted by atomic mass is 19.4. The summed E-state index contributed by atoms with van der Waals surface area (Å²) in [7, 11) is 1.31. The molecule has 88 valence electrons. The fourth-order valence-electron chi connectivity index (χ4n) is 0.953. The maximum absolute atomic E-state index is 11.9. The first kappa shape index (κ1) is 16.2. The van der Waals surface area contributed by atoms with Gasteiger partial charge in [-0.25, -0.2) is 0 Å². The van der Waals surface area contributed by atoms with E-state index >= 15 is 0 Å². The van der Waals surface area contributed by atoms with Crippen LogP contribution in [0.2, 0.25) is 0 Å².